The summed E-state index contributed by atoms with van der Waals surface area (Å²) >= 11 is 0. The Hall–Kier alpha value is -2.92. The monoisotopic (exact) mass is 791 g/mol. The molecule has 2 heteroatoms. The van der Waals surface area contributed by atoms with E-state index in [4.69, 9.17) is 0 Å². The summed E-state index contributed by atoms with van der Waals surface area (Å²) in [6.07, 6.45) is 53.8. The largest absolute Gasteiger partial charge is 0.348 e. The van der Waals surface area contributed by atoms with Gasteiger partial charge in [-0.1, -0.05) is 248 Å². The summed E-state index contributed by atoms with van der Waals surface area (Å²) in [5.74, 6) is 2.78. The lowest BCUT2D eigenvalue weighted by Crippen LogP contribution is -2.00. The van der Waals surface area contributed by atoms with Crippen molar-refractivity contribution >= 4 is 11.4 Å². The van der Waals surface area contributed by atoms with Crippen LogP contribution in [0.15, 0.2) is 72.3 Å². The third-order valence-corrected chi connectivity index (χ3v) is 12.2. The van der Waals surface area contributed by atoms with Crippen LogP contribution < -0.4 is 0 Å². The minimum atomic E-state index is 0.952. The van der Waals surface area contributed by atoms with Gasteiger partial charge in [0.05, 0.1) is 6.08 Å². The zero-order valence-corrected chi connectivity index (χ0v) is 38.5. The zero-order valence-electron chi connectivity index (χ0n) is 38.5. The second kappa shape index (κ2) is 38.3. The standard InChI is InChI=1S/C56H90N2/c1-4-7-10-12-13-14-15-16-17-18-19-20-21-22-23-24-25-26-27-28-29-30-31-32-33-34-35-37-43-52-44-38-39-47-55(52)56(53(48-49-58-57)45-36-11-8-5-2)54-46-40-42-51(50-54)41-9-6-3/h33-34,38-40,42,44,46-48,50H,4-32,35-37,41,43,45H2,1-3H3. The molecule has 0 N–H and O–H groups in total. The van der Waals surface area contributed by atoms with Gasteiger partial charge in [0.1, 0.15) is 0 Å². The maximum atomic E-state index is 9.36. The number of rotatable bonds is 39. The molecule has 2 rings (SSSR count). The van der Waals surface area contributed by atoms with Gasteiger partial charge in [-0.25, -0.2) is 0 Å². The Labute approximate surface area is 360 Å². The lowest BCUT2D eigenvalue weighted by molar-refractivity contribution is 0.00800. The first-order valence-corrected chi connectivity index (χ1v) is 25.2. The fourth-order valence-corrected chi connectivity index (χ4v) is 8.57. The van der Waals surface area contributed by atoms with Gasteiger partial charge >= 0.3 is 0 Å². The Morgan fingerprint density at radius 1 is 0.500 bits per heavy atom. The molecule has 0 aliphatic heterocycles. The van der Waals surface area contributed by atoms with E-state index in [-0.39, 0.29) is 0 Å². The molecule has 0 aliphatic rings. The molecule has 0 unspecified atom stereocenters. The van der Waals surface area contributed by atoms with Crippen LogP contribution in [0, 0.1) is 0 Å². The van der Waals surface area contributed by atoms with E-state index in [9.17, 15) is 5.53 Å². The normalized spacial score (nSPS) is 11.8. The van der Waals surface area contributed by atoms with Crippen molar-refractivity contribution in [1.29, 1.82) is 0 Å². The highest BCUT2D eigenvalue weighted by atomic mass is 14.8. The van der Waals surface area contributed by atoms with Gasteiger partial charge in [-0.2, -0.15) is 0 Å². The third kappa shape index (κ3) is 26.2. The van der Waals surface area contributed by atoms with Crippen LogP contribution in [0.1, 0.15) is 255 Å². The predicted octanol–water partition coefficient (Wildman–Crippen LogP) is 18.5. The molecule has 0 saturated carbocycles. The smallest absolute Gasteiger partial charge is 0.299 e. The van der Waals surface area contributed by atoms with Crippen LogP contribution in [0.2, 0.25) is 0 Å². The molecule has 0 aromatic heterocycles. The molecule has 0 spiro atoms. The van der Waals surface area contributed by atoms with E-state index in [1.54, 1.807) is 0 Å². The summed E-state index contributed by atoms with van der Waals surface area (Å²) in [5.41, 5.74) is 17.2. The molecular weight excluding hydrogens is 701 g/mol. The Balaban J connectivity index is 1.64. The molecule has 58 heavy (non-hydrogen) atoms. The van der Waals surface area contributed by atoms with Crippen molar-refractivity contribution < 1.29 is 4.79 Å². The average Bonchev–Trinajstić information content (AvgIpc) is 3.25. The molecule has 0 atom stereocenters. The maximum Gasteiger partial charge on any atom is 0.299 e. The Bertz CT molecular complexity index is 1400. The molecule has 0 bridgehead atoms. The summed E-state index contributed by atoms with van der Waals surface area (Å²) in [6, 6.07) is 18.1. The minimum Gasteiger partial charge on any atom is -0.348 e. The molecule has 2 aromatic rings. The highest BCUT2D eigenvalue weighted by molar-refractivity contribution is 5.86. The Kier molecular flexibility index (Phi) is 33.8. The van der Waals surface area contributed by atoms with Crippen LogP contribution in [0.5, 0.6) is 0 Å². The molecule has 0 fully saturated rings. The topological polar surface area (TPSA) is 36.4 Å². The van der Waals surface area contributed by atoms with Crippen LogP contribution in [0.4, 0.5) is 0 Å². The molecule has 324 valence electrons. The van der Waals surface area contributed by atoms with E-state index < -0.39 is 0 Å². The van der Waals surface area contributed by atoms with Gasteiger partial charge in [0.15, 0.2) is 0 Å². The molecule has 2 aromatic carbocycles. The van der Waals surface area contributed by atoms with Crippen molar-refractivity contribution in [2.45, 2.75) is 245 Å². The summed E-state index contributed by atoms with van der Waals surface area (Å²) in [5, 5.41) is 0. The molecule has 0 saturated heterocycles. The summed E-state index contributed by atoms with van der Waals surface area (Å²) in [6.45, 7) is 6.83. The van der Waals surface area contributed by atoms with Crippen molar-refractivity contribution in [2.24, 2.45) is 0 Å². The second-order valence-electron chi connectivity index (χ2n) is 17.5. The quantitative estimate of drug-likeness (QED) is 0.0162. The number of hydrogen-bond acceptors (Lipinski definition) is 0. The lowest BCUT2D eigenvalue weighted by atomic mass is 9.86. The predicted molar refractivity (Wildman–Crippen MR) is 258 cm³/mol. The molecule has 0 aliphatic carbocycles. The second-order valence-corrected chi connectivity index (χ2v) is 17.5. The van der Waals surface area contributed by atoms with E-state index in [2.05, 4.69) is 92.1 Å². The van der Waals surface area contributed by atoms with Crippen molar-refractivity contribution in [2.75, 3.05) is 0 Å². The van der Waals surface area contributed by atoms with E-state index in [0.717, 1.165) is 38.5 Å². The van der Waals surface area contributed by atoms with Crippen molar-refractivity contribution in [1.82, 2.24) is 0 Å². The lowest BCUT2D eigenvalue weighted by Gasteiger charge is -2.18. The van der Waals surface area contributed by atoms with E-state index in [1.807, 2.05) is 6.08 Å². The summed E-state index contributed by atoms with van der Waals surface area (Å²) in [7, 11) is 0. The van der Waals surface area contributed by atoms with Gasteiger partial charge < -0.3 is 5.53 Å². The maximum absolute atomic E-state index is 9.36. The molecule has 0 heterocycles. The van der Waals surface area contributed by atoms with Crippen LogP contribution in [0.25, 0.3) is 11.1 Å². The highest BCUT2D eigenvalue weighted by Crippen LogP contribution is 2.34. The van der Waals surface area contributed by atoms with Crippen molar-refractivity contribution in [3.05, 3.63) is 100 Å². The fourth-order valence-electron chi connectivity index (χ4n) is 8.57. The Morgan fingerprint density at radius 3 is 1.52 bits per heavy atom. The SMILES string of the molecule is CCCCCCCCCCCCCCCCCCCCCCCCCC=CCCCc1ccccc1C(=C(C=C=[N+]=[N-])CCCCCC)c1cccc(CCCC)c1. The van der Waals surface area contributed by atoms with E-state index in [0.29, 0.717) is 0 Å². The zero-order chi connectivity index (χ0) is 41.4. The number of unbranched alkanes of at least 4 members (excludes halogenated alkanes) is 28. The summed E-state index contributed by atoms with van der Waals surface area (Å²) in [4.78, 5) is 3.27. The number of aryl methyl sites for hydroxylation is 2. The first kappa shape index (κ1) is 51.2. The van der Waals surface area contributed by atoms with E-state index in [1.165, 1.54) is 220 Å². The third-order valence-electron chi connectivity index (χ3n) is 12.2. The Morgan fingerprint density at radius 2 is 0.983 bits per heavy atom. The van der Waals surface area contributed by atoms with Gasteiger partial charge in [0.2, 0.25) is 0 Å². The van der Waals surface area contributed by atoms with Gasteiger partial charge in [-0.15, -0.1) is 4.79 Å². The summed E-state index contributed by atoms with van der Waals surface area (Å²) < 4.78 is 0. The van der Waals surface area contributed by atoms with Gasteiger partial charge in [0.25, 0.3) is 5.87 Å². The number of hydrogen-bond donors (Lipinski definition) is 0. The average molecular weight is 791 g/mol. The van der Waals surface area contributed by atoms with Gasteiger partial charge in [-0.3, -0.25) is 0 Å². The molecule has 0 amide bonds. The molecule has 0 radical (unpaired) electrons. The van der Waals surface area contributed by atoms with Crippen LogP contribution in [-0.4, -0.2) is 10.7 Å². The van der Waals surface area contributed by atoms with Crippen LogP contribution in [0.3, 0.4) is 0 Å². The molecule has 2 nitrogen and oxygen atoms in total. The van der Waals surface area contributed by atoms with Crippen LogP contribution in [-0.2, 0) is 12.8 Å². The van der Waals surface area contributed by atoms with Crippen LogP contribution >= 0.6 is 0 Å². The number of allylic oxidation sites excluding steroid dienone is 4. The van der Waals surface area contributed by atoms with Gasteiger partial charge in [0, 0.05) is 0 Å². The van der Waals surface area contributed by atoms with Gasteiger partial charge in [-0.05, 0) is 91.2 Å². The first-order chi connectivity index (χ1) is 28.7. The number of benzene rings is 2. The minimum absolute atomic E-state index is 0.952. The fraction of sp³-hybridized carbons (Fsp3) is 0.679. The van der Waals surface area contributed by atoms with Crippen molar-refractivity contribution in [3.63, 3.8) is 0 Å². The van der Waals surface area contributed by atoms with E-state index >= 15 is 0 Å². The number of nitrogens with zero attached hydrogens (tertiary/aromatic N) is 2. The van der Waals surface area contributed by atoms with Crippen molar-refractivity contribution in [3.8, 4) is 0 Å². The highest BCUT2D eigenvalue weighted by Gasteiger charge is 2.15. The first-order valence-electron chi connectivity index (χ1n) is 25.2. The molecular formula is C56H90N2.